The lowest BCUT2D eigenvalue weighted by atomic mass is 10.1. The van der Waals surface area contributed by atoms with Gasteiger partial charge in [0.25, 0.3) is 5.89 Å². The quantitative estimate of drug-likeness (QED) is 0.0597. The van der Waals surface area contributed by atoms with Gasteiger partial charge in [0.05, 0.1) is 93.9 Å². The summed E-state index contributed by atoms with van der Waals surface area (Å²) in [7, 11) is 0. The molecule has 28 nitrogen and oxygen atoms in total. The predicted molar refractivity (Wildman–Crippen MR) is 405 cm³/mol. The molecule has 0 amide bonds. The van der Waals surface area contributed by atoms with Crippen molar-refractivity contribution < 1.29 is 88.7 Å². The highest BCUT2D eigenvalue weighted by Crippen LogP contribution is 2.40. The van der Waals surface area contributed by atoms with Crippen LogP contribution in [0.1, 0.15) is 153 Å². The Morgan fingerprint density at radius 3 is 1.32 bits per heavy atom. The van der Waals surface area contributed by atoms with Gasteiger partial charge in [-0.05, 0) is 151 Å². The molecule has 0 atom stereocenters. The van der Waals surface area contributed by atoms with Crippen LogP contribution in [0, 0.1) is 55.4 Å². The van der Waals surface area contributed by atoms with Gasteiger partial charge in [-0.3, -0.25) is 14.5 Å². The van der Waals surface area contributed by atoms with Crippen molar-refractivity contribution in [2.24, 2.45) is 20.6 Å². The molecule has 0 bridgehead atoms. The number of aryl methyl sites for hydroxylation is 10. The van der Waals surface area contributed by atoms with Crippen LogP contribution in [0.4, 0.5) is 13.2 Å². The van der Waals surface area contributed by atoms with E-state index in [2.05, 4.69) is 82.8 Å². The molecule has 3 N–H and O–H groups in total. The van der Waals surface area contributed by atoms with E-state index in [1.807, 2.05) is 113 Å². The summed E-state index contributed by atoms with van der Waals surface area (Å²) in [5.74, 6) is 1.97. The van der Waals surface area contributed by atoms with Gasteiger partial charge < -0.3 is 51.9 Å². The lowest BCUT2D eigenvalue weighted by Gasteiger charge is -2.09. The molecule has 38 heteroatoms. The van der Waals surface area contributed by atoms with Gasteiger partial charge in [0, 0.05) is 51.9 Å². The van der Waals surface area contributed by atoms with E-state index in [1.54, 1.807) is 63.6 Å². The number of halogens is 3. The number of rotatable bonds is 20. The molecule has 0 spiro atoms. The van der Waals surface area contributed by atoms with Crippen molar-refractivity contribution in [3.63, 3.8) is 0 Å². The zero-order chi connectivity index (χ0) is 78.5. The lowest BCUT2D eigenvalue weighted by Crippen LogP contribution is -2.10. The number of aromatic nitrogens is 5. The number of alkyl halides is 3. The van der Waals surface area contributed by atoms with Gasteiger partial charge in [-0.15, -0.1) is 84.5 Å². The Bertz CT molecular complexity index is 5060. The average molecular weight is 1630 g/mol. The number of oxime groups is 4. The van der Waals surface area contributed by atoms with Crippen molar-refractivity contribution >= 4 is 126 Å². The van der Waals surface area contributed by atoms with Crippen molar-refractivity contribution in [3.05, 3.63) is 166 Å². The van der Waals surface area contributed by atoms with E-state index in [-0.39, 0.29) is 59.8 Å². The van der Waals surface area contributed by atoms with Crippen LogP contribution in [0.5, 0.6) is 28.7 Å². The predicted octanol–water partition coefficient (Wildman–Crippen LogP) is 15.4. The van der Waals surface area contributed by atoms with Crippen molar-refractivity contribution in [1.29, 1.82) is 0 Å². The highest BCUT2D eigenvalue weighted by atomic mass is 32.1. The molecule has 4 aliphatic rings. The van der Waals surface area contributed by atoms with Gasteiger partial charge >= 0.3 is 47.3 Å². The molecule has 0 aromatic carbocycles. The molecule has 0 radical (unpaired) electrons. The number of thiophene rings is 7. The molecule has 14 rings (SSSR count). The monoisotopic (exact) mass is 1630 g/mol. The van der Waals surface area contributed by atoms with Crippen LogP contribution < -0.4 is 41.0 Å². The second kappa shape index (κ2) is 39.3. The SMILES string of the molecule is CCOc1cc(C)sc1-c1n[nH]c(=O)o1.CCOc1cc(C)sc1C1=NOC(=O)C1.CCOc1cc(C)sc1CCc1noc(=O)[nH]1.CCOc1cc(C)sc1Cc1coc(=O)[nH]1.Cc1cc(C(F)(F)F)c(C2=NOC(=O)C2)s1.Cc1cc(C)c(C2=NOC(=O)C2)s1.Cc1cc(OC(C)C)c(C2=NOC(=O)C2)s1. The van der Waals surface area contributed by atoms with Gasteiger partial charge in [-0.2, -0.15) is 13.2 Å². The molecule has 14 heterocycles. The molecule has 10 aromatic heterocycles. The summed E-state index contributed by atoms with van der Waals surface area (Å²) in [6, 6.07) is 13.0. The number of H-pyrrole nitrogens is 3. The van der Waals surface area contributed by atoms with Gasteiger partial charge in [0.1, 0.15) is 62.7 Å². The molecule has 0 aliphatic carbocycles. The van der Waals surface area contributed by atoms with Gasteiger partial charge in [0.15, 0.2) is 5.82 Å². The Kier molecular flexibility index (Phi) is 30.5. The summed E-state index contributed by atoms with van der Waals surface area (Å²) in [4.78, 5) is 112. The summed E-state index contributed by atoms with van der Waals surface area (Å²) >= 11 is 10.6. The number of hydrogen-bond donors (Lipinski definition) is 3. The van der Waals surface area contributed by atoms with Crippen molar-refractivity contribution in [2.45, 2.75) is 154 Å². The standard InChI is InChI=1S/C11H14N2O3S.2C11H13NO3S.C10H11NO3S.C9H6F3NO2S.C9H10N2O3S.C9H9NO2S/c1-3-15-8-6-7(2)17-9(8)4-5-10-12-11(14)16-13-10;1-6(2)14-9-4-7(3)16-11(9)8-5-10(13)15-12-8;1-3-14-9-4-7(2)16-10(9)5-8-6-15-11(13)12-8;1-3-13-8-4-6(2)15-10(8)7-5-9(12)14-11-7;1-4-2-5(9(10,11)12)8(16-4)6-3-7(14)15-13-6;1-3-13-6-4-5(2)15-7(6)8-10-11-9(12)14-8;1-5-3-6(2)13-9(5)7-4-8(11)12-10-7/h6H,3-5H2,1-2H3,(H,12,13,14);4,6H,5H2,1-3H3;4,6H,3,5H2,1-2H3,(H,12,13);4H,3,5H2,1-2H3;2H,3H2,1H3;4H,3H2,1-2H3,(H,11,12);3H,4H2,1-2H3. The highest BCUT2D eigenvalue weighted by molar-refractivity contribution is 7.16. The fourth-order valence-corrected chi connectivity index (χ4v) is 16.6. The van der Waals surface area contributed by atoms with Gasteiger partial charge in [0.2, 0.25) is 0 Å². The van der Waals surface area contributed by atoms with E-state index in [9.17, 15) is 46.7 Å². The van der Waals surface area contributed by atoms with Gasteiger partial charge in [-0.1, -0.05) is 25.8 Å². The normalized spacial score (nSPS) is 13.4. The molecule has 4 aliphatic heterocycles. The molecule has 0 saturated carbocycles. The third kappa shape index (κ3) is 24.6. The fraction of sp³-hybridized carbons (Fsp3) is 0.386. The maximum Gasteiger partial charge on any atom is 0.438 e. The van der Waals surface area contributed by atoms with Crippen LogP contribution in [0.2, 0.25) is 0 Å². The summed E-state index contributed by atoms with van der Waals surface area (Å²) < 4.78 is 79.6. The van der Waals surface area contributed by atoms with Crippen molar-refractivity contribution in [2.75, 3.05) is 26.4 Å². The first-order valence-electron chi connectivity index (χ1n) is 33.2. The molecule has 0 fully saturated rings. The Labute approximate surface area is 643 Å². The summed E-state index contributed by atoms with van der Waals surface area (Å²) in [5, 5.41) is 24.2. The van der Waals surface area contributed by atoms with E-state index < -0.39 is 35.0 Å². The molecule has 10 aromatic rings. The molecule has 578 valence electrons. The Morgan fingerprint density at radius 1 is 0.472 bits per heavy atom. The number of aromatic amines is 3. The zero-order valence-electron chi connectivity index (χ0n) is 60.9. The Hall–Kier alpha value is -9.86. The van der Waals surface area contributed by atoms with Crippen LogP contribution >= 0.6 is 79.4 Å². The minimum absolute atomic E-state index is 0.0316. The zero-order valence-corrected chi connectivity index (χ0v) is 66.6. The first-order chi connectivity index (χ1) is 51.4. The van der Waals surface area contributed by atoms with Crippen LogP contribution in [0.25, 0.3) is 10.8 Å². The highest BCUT2D eigenvalue weighted by Gasteiger charge is 2.38. The van der Waals surface area contributed by atoms with Crippen LogP contribution in [0.15, 0.2) is 97.1 Å². The molecular formula is C70H76F3N9O19S7. The van der Waals surface area contributed by atoms with Crippen LogP contribution in [-0.4, -0.2) is 105 Å². The van der Waals surface area contributed by atoms with E-state index in [0.29, 0.717) is 73.6 Å². The Morgan fingerprint density at radius 2 is 0.889 bits per heavy atom. The van der Waals surface area contributed by atoms with Crippen LogP contribution in [-0.2, 0) is 64.0 Å². The Balaban J connectivity index is 0.000000159. The largest absolute Gasteiger partial charge is 0.493 e. The van der Waals surface area contributed by atoms with Crippen molar-refractivity contribution in [3.8, 4) is 39.5 Å². The smallest absolute Gasteiger partial charge is 0.438 e. The molecular weight excluding hydrogens is 1550 g/mol. The van der Waals surface area contributed by atoms with Gasteiger partial charge in [-0.25, -0.2) is 38.7 Å². The lowest BCUT2D eigenvalue weighted by molar-refractivity contribution is -0.140. The minimum atomic E-state index is -4.44. The third-order valence-corrected chi connectivity index (χ3v) is 21.6. The summed E-state index contributed by atoms with van der Waals surface area (Å²) in [6.07, 6.45) is -0.243. The molecule has 0 saturated heterocycles. The minimum Gasteiger partial charge on any atom is -0.493 e. The second-order valence-corrected chi connectivity index (χ2v) is 32.3. The number of carbonyl (C=O) groups excluding carboxylic acids is 4. The number of hydrogen-bond acceptors (Lipinski definition) is 32. The number of ether oxygens (including phenoxy) is 5. The fourth-order valence-electron chi connectivity index (χ4n) is 9.91. The maximum absolute atomic E-state index is 12.6. The first kappa shape index (κ1) is 83.8. The second-order valence-electron chi connectivity index (χ2n) is 23.3. The number of carbonyl (C=O) groups is 4. The van der Waals surface area contributed by atoms with Crippen LogP contribution in [0.3, 0.4) is 0 Å². The summed E-state index contributed by atoms with van der Waals surface area (Å²) in [6.45, 7) is 29.8. The van der Waals surface area contributed by atoms with E-state index in [4.69, 9.17) is 32.5 Å². The first-order valence-corrected chi connectivity index (χ1v) is 38.9. The van der Waals surface area contributed by atoms with E-state index in [0.717, 1.165) is 97.2 Å². The maximum atomic E-state index is 12.6. The summed E-state index contributed by atoms with van der Waals surface area (Å²) in [5.41, 5.74) is 3.33. The molecule has 108 heavy (non-hydrogen) atoms. The number of nitrogens with one attached hydrogen (secondary N) is 3. The van der Waals surface area contributed by atoms with E-state index in [1.165, 1.54) is 42.7 Å². The average Bonchev–Trinajstić information content (AvgIpc) is 1.65. The number of nitrogens with zero attached hydrogens (tertiary/aromatic N) is 6. The molecule has 0 unspecified atom stereocenters. The van der Waals surface area contributed by atoms with Crippen molar-refractivity contribution in [1.82, 2.24) is 25.3 Å². The third-order valence-electron chi connectivity index (χ3n) is 14.0. The topological polar surface area (TPSA) is 365 Å². The van der Waals surface area contributed by atoms with E-state index >= 15 is 0 Å². The number of oxazole rings is 1.